The molecule has 1 aliphatic rings. The van der Waals surface area contributed by atoms with Gasteiger partial charge in [0.15, 0.2) is 0 Å². The molecule has 1 unspecified atom stereocenters. The molecule has 1 aromatic heterocycles. The van der Waals surface area contributed by atoms with Crippen molar-refractivity contribution in [1.29, 1.82) is 0 Å². The van der Waals surface area contributed by atoms with E-state index in [4.69, 9.17) is 9.47 Å². The van der Waals surface area contributed by atoms with Crippen LogP contribution in [0.5, 0.6) is 0 Å². The average Bonchev–Trinajstić information content (AvgIpc) is 2.86. The Hall–Kier alpha value is -2.96. The van der Waals surface area contributed by atoms with E-state index in [-0.39, 0.29) is 5.82 Å². The van der Waals surface area contributed by atoms with E-state index >= 15 is 0 Å². The van der Waals surface area contributed by atoms with Gasteiger partial charge in [-0.05, 0) is 24.3 Å². The van der Waals surface area contributed by atoms with E-state index in [2.05, 4.69) is 4.98 Å². The van der Waals surface area contributed by atoms with Crippen molar-refractivity contribution in [2.75, 3.05) is 7.11 Å². The molecule has 7 nitrogen and oxygen atoms in total. The first kappa shape index (κ1) is 14.0. The predicted octanol–water partition coefficient (Wildman–Crippen LogP) is 0.812. The Bertz CT molecular complexity index is 883. The number of esters is 2. The molecule has 22 heavy (non-hydrogen) atoms. The van der Waals surface area contributed by atoms with Crippen molar-refractivity contribution in [3.63, 3.8) is 0 Å². The van der Waals surface area contributed by atoms with E-state index in [1.54, 1.807) is 24.3 Å². The molecule has 1 aliphatic heterocycles. The van der Waals surface area contributed by atoms with Crippen LogP contribution in [0, 0.1) is 0 Å². The number of benzene rings is 1. The number of nitrogens with zero attached hydrogens (tertiary/aromatic N) is 2. The van der Waals surface area contributed by atoms with Crippen LogP contribution in [-0.2, 0) is 24.8 Å². The van der Waals surface area contributed by atoms with Crippen molar-refractivity contribution in [3.05, 3.63) is 46.5 Å². The van der Waals surface area contributed by atoms with Gasteiger partial charge in [0.1, 0.15) is 5.82 Å². The number of aromatic nitrogens is 2. The van der Waals surface area contributed by atoms with Gasteiger partial charge in [-0.2, -0.15) is 0 Å². The second kappa shape index (κ2) is 4.80. The number of hydrogen-bond acceptors (Lipinski definition) is 6. The van der Waals surface area contributed by atoms with Gasteiger partial charge < -0.3 is 9.47 Å². The summed E-state index contributed by atoms with van der Waals surface area (Å²) in [5, 5.41) is 0.315. The SMILES string of the molecule is COC(=O)C1(OC(C)=O)C=Cc2nc3ccccc3c(=O)n21. The molecule has 7 heteroatoms. The quantitative estimate of drug-likeness (QED) is 0.763. The zero-order chi connectivity index (χ0) is 15.9. The van der Waals surface area contributed by atoms with Gasteiger partial charge in [0, 0.05) is 6.92 Å². The molecule has 1 aromatic carbocycles. The molecule has 0 bridgehead atoms. The molecule has 3 rings (SSSR count). The van der Waals surface area contributed by atoms with Crippen LogP contribution in [-0.4, -0.2) is 28.6 Å². The van der Waals surface area contributed by atoms with E-state index < -0.39 is 23.2 Å². The van der Waals surface area contributed by atoms with Crippen molar-refractivity contribution < 1.29 is 19.1 Å². The Balaban J connectivity index is 2.35. The van der Waals surface area contributed by atoms with Gasteiger partial charge in [-0.15, -0.1) is 0 Å². The third-order valence-corrected chi connectivity index (χ3v) is 3.37. The molecule has 0 radical (unpaired) electrons. The topological polar surface area (TPSA) is 87.5 Å². The van der Waals surface area contributed by atoms with E-state index in [1.807, 2.05) is 0 Å². The summed E-state index contributed by atoms with van der Waals surface area (Å²) in [5.41, 5.74) is -1.95. The third kappa shape index (κ3) is 1.82. The highest BCUT2D eigenvalue weighted by Gasteiger charge is 2.48. The lowest BCUT2D eigenvalue weighted by Gasteiger charge is -2.26. The van der Waals surface area contributed by atoms with E-state index in [0.717, 1.165) is 18.6 Å². The van der Waals surface area contributed by atoms with Crippen molar-refractivity contribution in [2.24, 2.45) is 0 Å². The Morgan fingerprint density at radius 3 is 2.68 bits per heavy atom. The zero-order valence-corrected chi connectivity index (χ0v) is 11.9. The van der Waals surface area contributed by atoms with Crippen LogP contribution >= 0.6 is 0 Å². The van der Waals surface area contributed by atoms with E-state index in [0.29, 0.717) is 10.9 Å². The van der Waals surface area contributed by atoms with Gasteiger partial charge in [0.25, 0.3) is 5.56 Å². The number of methoxy groups -OCH3 is 1. The minimum atomic E-state index is -1.95. The van der Waals surface area contributed by atoms with E-state index in [1.165, 1.54) is 12.2 Å². The molecule has 0 amide bonds. The molecule has 0 aliphatic carbocycles. The molecule has 0 spiro atoms. The summed E-state index contributed by atoms with van der Waals surface area (Å²) in [6.45, 7) is 1.15. The summed E-state index contributed by atoms with van der Waals surface area (Å²) in [7, 11) is 1.15. The molecular weight excluding hydrogens is 288 g/mol. The molecule has 1 atom stereocenters. The number of fused-ring (bicyclic) bond motifs is 2. The summed E-state index contributed by atoms with van der Waals surface area (Å²) >= 11 is 0. The van der Waals surface area contributed by atoms with Crippen LogP contribution in [0.3, 0.4) is 0 Å². The predicted molar refractivity (Wildman–Crippen MR) is 76.8 cm³/mol. The van der Waals surface area contributed by atoms with Crippen molar-refractivity contribution in [1.82, 2.24) is 9.55 Å². The van der Waals surface area contributed by atoms with Crippen LogP contribution < -0.4 is 5.56 Å². The van der Waals surface area contributed by atoms with Gasteiger partial charge in [-0.25, -0.2) is 14.3 Å². The van der Waals surface area contributed by atoms with E-state index in [9.17, 15) is 14.4 Å². The average molecular weight is 300 g/mol. The second-order valence-electron chi connectivity index (χ2n) is 4.74. The van der Waals surface area contributed by atoms with Gasteiger partial charge in [0.2, 0.25) is 0 Å². The zero-order valence-electron chi connectivity index (χ0n) is 11.9. The largest absolute Gasteiger partial charge is 0.464 e. The van der Waals surface area contributed by atoms with Crippen molar-refractivity contribution in [3.8, 4) is 0 Å². The maximum absolute atomic E-state index is 12.7. The standard InChI is InChI=1S/C15H12N2O5/c1-9(18)22-15(14(20)21-2)8-7-12-16-11-6-4-3-5-10(11)13(19)17(12)15/h3-8H,1-2H3. The highest BCUT2D eigenvalue weighted by Crippen LogP contribution is 2.30. The Labute approximate surface area is 124 Å². The minimum absolute atomic E-state index is 0.218. The molecule has 2 heterocycles. The van der Waals surface area contributed by atoms with Gasteiger partial charge in [-0.3, -0.25) is 9.59 Å². The lowest BCUT2D eigenvalue weighted by Crippen LogP contribution is -2.48. The molecule has 112 valence electrons. The second-order valence-corrected chi connectivity index (χ2v) is 4.74. The van der Waals surface area contributed by atoms with Gasteiger partial charge in [-0.1, -0.05) is 12.1 Å². The van der Waals surface area contributed by atoms with Gasteiger partial charge >= 0.3 is 17.7 Å². The summed E-state index contributed by atoms with van der Waals surface area (Å²) in [6.07, 6.45) is 2.75. The monoisotopic (exact) mass is 300 g/mol. The number of carbonyl (C=O) groups excluding carboxylic acids is 2. The Kier molecular flexibility index (Phi) is 3.05. The maximum atomic E-state index is 12.7. The summed E-state index contributed by atoms with van der Waals surface area (Å²) in [5.74, 6) is -1.38. The molecular formula is C15H12N2O5. The van der Waals surface area contributed by atoms with Gasteiger partial charge in [0.05, 0.1) is 18.0 Å². The fourth-order valence-electron chi connectivity index (χ4n) is 2.49. The number of carbonyl (C=O) groups is 2. The number of para-hydroxylation sites is 1. The maximum Gasteiger partial charge on any atom is 0.377 e. The number of rotatable bonds is 2. The van der Waals surface area contributed by atoms with Crippen LogP contribution in [0.1, 0.15) is 12.7 Å². The molecule has 0 saturated heterocycles. The van der Waals surface area contributed by atoms with Crippen LogP contribution in [0.4, 0.5) is 0 Å². The molecule has 0 fully saturated rings. The summed E-state index contributed by atoms with van der Waals surface area (Å²) < 4.78 is 10.9. The normalized spacial score (nSPS) is 19.0. The van der Waals surface area contributed by atoms with Crippen molar-refractivity contribution in [2.45, 2.75) is 12.6 Å². The first-order valence-electron chi connectivity index (χ1n) is 6.49. The van der Waals surface area contributed by atoms with Crippen LogP contribution in [0.15, 0.2) is 35.1 Å². The smallest absolute Gasteiger partial charge is 0.377 e. The fourth-order valence-corrected chi connectivity index (χ4v) is 2.49. The lowest BCUT2D eigenvalue weighted by atomic mass is 10.2. The number of ether oxygens (including phenoxy) is 2. The highest BCUT2D eigenvalue weighted by molar-refractivity contribution is 5.87. The minimum Gasteiger partial charge on any atom is -0.464 e. The fraction of sp³-hybridized carbons (Fsp3) is 0.200. The summed E-state index contributed by atoms with van der Waals surface area (Å²) in [6, 6.07) is 6.72. The summed E-state index contributed by atoms with van der Waals surface area (Å²) in [4.78, 5) is 40.6. The molecule has 0 saturated carbocycles. The lowest BCUT2D eigenvalue weighted by molar-refractivity contribution is -0.184. The highest BCUT2D eigenvalue weighted by atomic mass is 16.6. The first-order chi connectivity index (χ1) is 10.5. The third-order valence-electron chi connectivity index (χ3n) is 3.37. The Morgan fingerprint density at radius 1 is 1.27 bits per heavy atom. The van der Waals surface area contributed by atoms with Crippen molar-refractivity contribution >= 4 is 28.9 Å². The van der Waals surface area contributed by atoms with Crippen LogP contribution in [0.25, 0.3) is 17.0 Å². The van der Waals surface area contributed by atoms with Crippen LogP contribution in [0.2, 0.25) is 0 Å². The molecule has 0 N–H and O–H groups in total. The molecule has 2 aromatic rings. The first-order valence-corrected chi connectivity index (χ1v) is 6.49. The Morgan fingerprint density at radius 2 is 2.00 bits per heavy atom. The number of hydrogen-bond donors (Lipinski definition) is 0.